The highest BCUT2D eigenvalue weighted by molar-refractivity contribution is 7.80. The van der Waals surface area contributed by atoms with Crippen LogP contribution >= 0.6 is 12.2 Å². The van der Waals surface area contributed by atoms with Crippen molar-refractivity contribution in [2.75, 3.05) is 33.5 Å². The predicted octanol–water partition coefficient (Wildman–Crippen LogP) is 3.62. The maximum atomic E-state index is 5.55. The number of nitrogens with one attached hydrogen (secondary N) is 2. The van der Waals surface area contributed by atoms with Gasteiger partial charge < -0.3 is 24.8 Å². The molecule has 2 aliphatic rings. The molecule has 160 valence electrons. The molecule has 2 aromatic rings. The second-order valence-electron chi connectivity index (χ2n) is 7.64. The lowest BCUT2D eigenvalue weighted by Gasteiger charge is -2.35. The fraction of sp³-hybridized carbons (Fsp3) is 0.435. The monoisotopic (exact) mass is 427 g/mol. The van der Waals surface area contributed by atoms with Crippen molar-refractivity contribution in [1.82, 2.24) is 15.5 Å². The topological polar surface area (TPSA) is 55.0 Å². The van der Waals surface area contributed by atoms with E-state index in [-0.39, 0.29) is 12.8 Å². The first-order chi connectivity index (χ1) is 14.7. The van der Waals surface area contributed by atoms with Gasteiger partial charge in [0.1, 0.15) is 5.75 Å². The van der Waals surface area contributed by atoms with E-state index in [1.807, 2.05) is 30.3 Å². The van der Waals surface area contributed by atoms with Crippen LogP contribution in [0.5, 0.6) is 17.2 Å². The Balaban J connectivity index is 1.34. The molecule has 4 rings (SSSR count). The van der Waals surface area contributed by atoms with Gasteiger partial charge in [-0.3, -0.25) is 4.90 Å². The number of fused-ring (bicyclic) bond motifs is 1. The second kappa shape index (κ2) is 10.00. The smallest absolute Gasteiger partial charge is 0.231 e. The van der Waals surface area contributed by atoms with Gasteiger partial charge in [0, 0.05) is 13.1 Å². The maximum Gasteiger partial charge on any atom is 0.231 e. The number of nitrogens with zero attached hydrogens (tertiary/aromatic N) is 1. The van der Waals surface area contributed by atoms with Crippen molar-refractivity contribution in [3.05, 3.63) is 53.6 Å². The molecule has 2 aromatic carbocycles. The highest BCUT2D eigenvalue weighted by atomic mass is 32.1. The molecule has 0 radical (unpaired) electrons. The number of hydrogen-bond acceptors (Lipinski definition) is 5. The van der Waals surface area contributed by atoms with Gasteiger partial charge >= 0.3 is 0 Å². The molecule has 7 heteroatoms. The van der Waals surface area contributed by atoms with Gasteiger partial charge in [-0.15, -0.1) is 0 Å². The molecule has 0 spiro atoms. The van der Waals surface area contributed by atoms with E-state index in [0.717, 1.165) is 42.4 Å². The van der Waals surface area contributed by atoms with E-state index in [9.17, 15) is 0 Å². The molecule has 0 bridgehead atoms. The SMILES string of the molecule is COc1ccc(C(CNC(=S)NCc2ccc3c(c2)OCO3)N2CCCCC2)cc1. The molecule has 1 atom stereocenters. The van der Waals surface area contributed by atoms with E-state index in [0.29, 0.717) is 11.7 Å². The van der Waals surface area contributed by atoms with Gasteiger partial charge in [0.05, 0.1) is 13.2 Å². The first-order valence-electron chi connectivity index (χ1n) is 10.5. The minimum Gasteiger partial charge on any atom is -0.497 e. The lowest BCUT2D eigenvalue weighted by Crippen LogP contribution is -2.43. The third-order valence-corrected chi connectivity index (χ3v) is 5.97. The average molecular weight is 428 g/mol. The van der Waals surface area contributed by atoms with Crippen molar-refractivity contribution in [1.29, 1.82) is 0 Å². The Kier molecular flexibility index (Phi) is 6.92. The quantitative estimate of drug-likeness (QED) is 0.655. The van der Waals surface area contributed by atoms with Gasteiger partial charge in [-0.2, -0.15) is 0 Å². The number of ether oxygens (including phenoxy) is 3. The molecule has 0 amide bonds. The molecule has 6 nitrogen and oxygen atoms in total. The normalized spacial score (nSPS) is 16.7. The number of methoxy groups -OCH3 is 1. The summed E-state index contributed by atoms with van der Waals surface area (Å²) in [5.41, 5.74) is 2.38. The van der Waals surface area contributed by atoms with Crippen LogP contribution in [0.1, 0.15) is 36.4 Å². The van der Waals surface area contributed by atoms with Crippen LogP contribution in [0.15, 0.2) is 42.5 Å². The predicted molar refractivity (Wildman–Crippen MR) is 121 cm³/mol. The lowest BCUT2D eigenvalue weighted by molar-refractivity contribution is 0.164. The van der Waals surface area contributed by atoms with Crippen molar-refractivity contribution in [2.24, 2.45) is 0 Å². The summed E-state index contributed by atoms with van der Waals surface area (Å²) in [5.74, 6) is 2.46. The highest BCUT2D eigenvalue weighted by Gasteiger charge is 2.22. The van der Waals surface area contributed by atoms with Crippen LogP contribution in [0.2, 0.25) is 0 Å². The number of hydrogen-bond donors (Lipinski definition) is 2. The van der Waals surface area contributed by atoms with Crippen LogP contribution in [-0.2, 0) is 6.54 Å². The first-order valence-corrected chi connectivity index (χ1v) is 10.9. The number of rotatable bonds is 7. The average Bonchev–Trinajstić information content (AvgIpc) is 3.27. The number of piperidine rings is 1. The number of benzene rings is 2. The van der Waals surface area contributed by atoms with E-state index in [2.05, 4.69) is 27.7 Å². The Morgan fingerprint density at radius 2 is 1.80 bits per heavy atom. The summed E-state index contributed by atoms with van der Waals surface area (Å²) in [6.07, 6.45) is 3.81. The third kappa shape index (κ3) is 5.15. The Hall–Kier alpha value is -2.51. The van der Waals surface area contributed by atoms with Gasteiger partial charge in [0.25, 0.3) is 0 Å². The molecule has 2 aliphatic heterocycles. The molecule has 30 heavy (non-hydrogen) atoms. The molecule has 1 fully saturated rings. The summed E-state index contributed by atoms with van der Waals surface area (Å²) in [4.78, 5) is 2.55. The second-order valence-corrected chi connectivity index (χ2v) is 8.05. The Labute approximate surface area is 183 Å². The van der Waals surface area contributed by atoms with Crippen molar-refractivity contribution in [3.63, 3.8) is 0 Å². The number of thiocarbonyl (C=S) groups is 1. The molecular weight excluding hydrogens is 398 g/mol. The largest absolute Gasteiger partial charge is 0.497 e. The summed E-state index contributed by atoms with van der Waals surface area (Å²) in [6, 6.07) is 14.6. The van der Waals surface area contributed by atoms with Crippen LogP contribution in [0, 0.1) is 0 Å². The summed E-state index contributed by atoms with van der Waals surface area (Å²) in [6.45, 7) is 3.93. The van der Waals surface area contributed by atoms with E-state index in [1.54, 1.807) is 7.11 Å². The molecule has 0 aromatic heterocycles. The van der Waals surface area contributed by atoms with Gasteiger partial charge in [0.15, 0.2) is 16.6 Å². The van der Waals surface area contributed by atoms with Gasteiger partial charge in [-0.1, -0.05) is 24.6 Å². The van der Waals surface area contributed by atoms with Crippen molar-refractivity contribution in [3.8, 4) is 17.2 Å². The molecule has 1 saturated heterocycles. The van der Waals surface area contributed by atoms with E-state index in [4.69, 9.17) is 26.4 Å². The van der Waals surface area contributed by atoms with E-state index < -0.39 is 0 Å². The zero-order chi connectivity index (χ0) is 20.8. The fourth-order valence-electron chi connectivity index (χ4n) is 4.00. The summed E-state index contributed by atoms with van der Waals surface area (Å²) < 4.78 is 16.1. The zero-order valence-corrected chi connectivity index (χ0v) is 18.2. The number of likely N-dealkylation sites (tertiary alicyclic amines) is 1. The zero-order valence-electron chi connectivity index (χ0n) is 17.4. The fourth-order valence-corrected chi connectivity index (χ4v) is 4.15. The van der Waals surface area contributed by atoms with Crippen molar-refractivity contribution >= 4 is 17.3 Å². The minimum absolute atomic E-state index is 0.279. The van der Waals surface area contributed by atoms with E-state index in [1.165, 1.54) is 24.8 Å². The van der Waals surface area contributed by atoms with Crippen molar-refractivity contribution in [2.45, 2.75) is 31.8 Å². The van der Waals surface area contributed by atoms with Crippen LogP contribution in [0.4, 0.5) is 0 Å². The minimum atomic E-state index is 0.279. The Morgan fingerprint density at radius 1 is 1.03 bits per heavy atom. The van der Waals surface area contributed by atoms with E-state index >= 15 is 0 Å². The third-order valence-electron chi connectivity index (χ3n) is 5.68. The molecular formula is C23H29N3O3S. The van der Waals surface area contributed by atoms with Crippen LogP contribution in [0.3, 0.4) is 0 Å². The first kappa shape index (κ1) is 20.8. The standard InChI is InChI=1S/C23H29N3O3S/c1-27-19-8-6-18(7-9-19)20(26-11-3-2-4-12-26)15-25-23(30)24-14-17-5-10-21-22(13-17)29-16-28-21/h5-10,13,20H,2-4,11-12,14-16H2,1H3,(H2,24,25,30). The molecule has 0 aliphatic carbocycles. The lowest BCUT2D eigenvalue weighted by atomic mass is 10.0. The van der Waals surface area contributed by atoms with Crippen LogP contribution in [0.25, 0.3) is 0 Å². The summed E-state index contributed by atoms with van der Waals surface area (Å²) >= 11 is 5.55. The van der Waals surface area contributed by atoms with Gasteiger partial charge in [-0.05, 0) is 73.5 Å². The highest BCUT2D eigenvalue weighted by Crippen LogP contribution is 2.32. The van der Waals surface area contributed by atoms with Gasteiger partial charge in [0.2, 0.25) is 6.79 Å². The Bertz CT molecular complexity index is 853. The van der Waals surface area contributed by atoms with Crippen molar-refractivity contribution < 1.29 is 14.2 Å². The van der Waals surface area contributed by atoms with Crippen LogP contribution < -0.4 is 24.8 Å². The van der Waals surface area contributed by atoms with Gasteiger partial charge in [-0.25, -0.2) is 0 Å². The van der Waals surface area contributed by atoms with Crippen LogP contribution in [-0.4, -0.2) is 43.5 Å². The maximum absolute atomic E-state index is 5.55. The molecule has 2 N–H and O–H groups in total. The summed E-state index contributed by atoms with van der Waals surface area (Å²) in [5, 5.41) is 7.38. The molecule has 0 saturated carbocycles. The summed E-state index contributed by atoms with van der Waals surface area (Å²) in [7, 11) is 1.70. The molecule has 1 unspecified atom stereocenters. The Morgan fingerprint density at radius 3 is 2.57 bits per heavy atom. The molecule has 2 heterocycles.